The summed E-state index contributed by atoms with van der Waals surface area (Å²) in [5.41, 5.74) is 19.1. The van der Waals surface area contributed by atoms with Gasteiger partial charge in [-0.15, -0.1) is 0 Å². The van der Waals surface area contributed by atoms with Crippen LogP contribution < -0.4 is 16.4 Å². The first kappa shape index (κ1) is 83.4. The standard InChI is InChI=1S/C47H63N3O.C24H20N4.C22H44O2/c1-3-5-7-9-11-13-15-20-24-41(25-21-16-14-12-10-8-6-4-2)47(51)50-46-36-34-45(35-37-46)49-44-32-30-43(31-33-44)48-42-28-26-40(27-29-42)38-39-22-18-17-19-23-39;25-18-6-8-20(9-7-18)27-22-14-16-24(17-15-22)28-23-12-10-21(11-13-23)26-19-4-2-1-3-5-19;1-3-5-7-9-11-13-15-17-19-21(22(23)24)20-18-16-14-12-10-8-6-4-2/h17-19,22-23,26-37,41H,3-16,20-21,24-25,38H2,1-2H3,(H,50,51);1-17,26H,25H2;21H,3-20H2,1-2H3,(H,23,24). The van der Waals surface area contributed by atoms with E-state index in [2.05, 4.69) is 96.8 Å². The Kier molecular flexibility index (Phi) is 43.2. The van der Waals surface area contributed by atoms with Gasteiger partial charge in [0.2, 0.25) is 5.91 Å². The third-order valence-corrected chi connectivity index (χ3v) is 19.2. The van der Waals surface area contributed by atoms with Crippen LogP contribution in [0.15, 0.2) is 226 Å². The zero-order valence-corrected chi connectivity index (χ0v) is 63.6. The SMILES string of the molecule is CCCCCCCCCCC(CCCCCCCCCC)C(=O)Nc1ccc(N=C2C=CC(=Nc3ccc(Cc4ccccc4)cc3)C=C2)cc1.CCCCCCCCCCC(CCCCCCCCCC)C(=O)O.Nc1ccc(N=C2C=CC(=Nc3ccc(Nc4ccccc4)cc3)C=C2)cc1. The van der Waals surface area contributed by atoms with Crippen LogP contribution in [0.2, 0.25) is 0 Å². The molecule has 0 saturated heterocycles. The van der Waals surface area contributed by atoms with Crippen molar-refractivity contribution in [2.75, 3.05) is 16.4 Å². The maximum absolute atomic E-state index is 13.5. The van der Waals surface area contributed by atoms with Gasteiger partial charge in [-0.2, -0.15) is 0 Å². The number of para-hydroxylation sites is 1. The molecule has 2 aliphatic rings. The summed E-state index contributed by atoms with van der Waals surface area (Å²) in [6.45, 7) is 9.04. The number of nitrogen functional groups attached to an aromatic ring is 1. The van der Waals surface area contributed by atoms with Crippen LogP contribution in [0.1, 0.15) is 270 Å². The lowest BCUT2D eigenvalue weighted by atomic mass is 9.93. The smallest absolute Gasteiger partial charge is 0.306 e. The predicted octanol–water partition coefficient (Wildman–Crippen LogP) is 27.6. The first-order chi connectivity index (χ1) is 50.6. The average Bonchev–Trinajstić information content (AvgIpc) is 0.881. The first-order valence-electron chi connectivity index (χ1n) is 40.2. The summed E-state index contributed by atoms with van der Waals surface area (Å²) in [6, 6.07) is 52.5. The third kappa shape index (κ3) is 38.0. The van der Waals surface area contributed by atoms with E-state index in [1.165, 1.54) is 191 Å². The number of aliphatic imine (C=N–C) groups is 4. The summed E-state index contributed by atoms with van der Waals surface area (Å²) in [6.07, 6.45) is 61.9. The summed E-state index contributed by atoms with van der Waals surface area (Å²) in [7, 11) is 0. The molecule has 0 heterocycles. The van der Waals surface area contributed by atoms with Crippen LogP contribution in [0.25, 0.3) is 0 Å². The van der Waals surface area contributed by atoms with Gasteiger partial charge in [-0.05, 0) is 189 Å². The molecule has 6 aromatic rings. The highest BCUT2D eigenvalue weighted by molar-refractivity contribution is 6.20. The molecule has 2 aliphatic carbocycles. The molecule has 0 fully saturated rings. The second kappa shape index (κ2) is 53.3. The number of nitrogens with two attached hydrogens (primary N) is 1. The van der Waals surface area contributed by atoms with E-state index in [0.29, 0.717) is 0 Å². The highest BCUT2D eigenvalue weighted by Gasteiger charge is 2.19. The second-order valence-electron chi connectivity index (χ2n) is 28.3. The van der Waals surface area contributed by atoms with Crippen LogP contribution in [-0.4, -0.2) is 39.8 Å². The molecule has 0 aromatic heterocycles. The van der Waals surface area contributed by atoms with Gasteiger partial charge in [-0.1, -0.05) is 294 Å². The lowest BCUT2D eigenvalue weighted by Crippen LogP contribution is -2.23. The van der Waals surface area contributed by atoms with Crippen LogP contribution in [0.4, 0.5) is 45.5 Å². The van der Waals surface area contributed by atoms with Gasteiger partial charge >= 0.3 is 5.97 Å². The Morgan fingerprint density at radius 2 is 0.592 bits per heavy atom. The van der Waals surface area contributed by atoms with Crippen molar-refractivity contribution in [1.29, 1.82) is 0 Å². The minimum absolute atomic E-state index is 0.0886. The van der Waals surface area contributed by atoms with Crippen LogP contribution >= 0.6 is 0 Å². The highest BCUT2D eigenvalue weighted by atomic mass is 16.4. The number of allylic oxidation sites excluding steroid dienone is 8. The van der Waals surface area contributed by atoms with E-state index in [1.54, 1.807) is 0 Å². The predicted molar refractivity (Wildman–Crippen MR) is 446 cm³/mol. The number of unbranched alkanes of at least 4 members (excludes halogenated alkanes) is 28. The van der Waals surface area contributed by atoms with Crippen molar-refractivity contribution in [1.82, 2.24) is 0 Å². The monoisotopic (exact) mass is 1390 g/mol. The fraction of sp³-hybridized carbons (Fsp3) is 0.462. The number of benzene rings is 6. The fourth-order valence-corrected chi connectivity index (χ4v) is 12.9. The summed E-state index contributed by atoms with van der Waals surface area (Å²) in [5, 5.41) is 16.0. The van der Waals surface area contributed by atoms with E-state index in [4.69, 9.17) is 15.7 Å². The molecule has 8 rings (SSSR count). The average molecular weight is 1390 g/mol. The molecule has 0 aliphatic heterocycles. The van der Waals surface area contributed by atoms with Crippen molar-refractivity contribution in [2.24, 2.45) is 31.8 Å². The molecule has 552 valence electrons. The zero-order valence-electron chi connectivity index (χ0n) is 63.6. The van der Waals surface area contributed by atoms with Gasteiger partial charge in [0, 0.05) is 28.7 Å². The number of carbonyl (C=O) groups is 2. The van der Waals surface area contributed by atoms with Gasteiger partial charge in [0.15, 0.2) is 0 Å². The number of hydrogen-bond donors (Lipinski definition) is 4. The molecule has 1 amide bonds. The van der Waals surface area contributed by atoms with Crippen LogP contribution in [0.3, 0.4) is 0 Å². The normalized spacial score (nSPS) is 12.3. The lowest BCUT2D eigenvalue weighted by molar-refractivity contribution is -0.142. The number of hydrogen-bond acceptors (Lipinski definition) is 8. The number of aliphatic carboxylic acids is 1. The lowest BCUT2D eigenvalue weighted by Gasteiger charge is -2.17. The minimum Gasteiger partial charge on any atom is -0.481 e. The van der Waals surface area contributed by atoms with Gasteiger partial charge in [-0.3, -0.25) is 9.59 Å². The van der Waals surface area contributed by atoms with E-state index < -0.39 is 5.97 Å². The number of carboxylic acids is 1. The molecular formula is C93H127N7O3. The van der Waals surface area contributed by atoms with E-state index in [9.17, 15) is 14.7 Å². The van der Waals surface area contributed by atoms with Crippen LogP contribution in [-0.2, 0) is 16.0 Å². The molecule has 10 nitrogen and oxygen atoms in total. The van der Waals surface area contributed by atoms with E-state index in [0.717, 1.165) is 126 Å². The quantitative estimate of drug-likeness (QED) is 0.0170. The number of nitrogens with one attached hydrogen (secondary N) is 2. The molecular weight excluding hydrogens is 1260 g/mol. The summed E-state index contributed by atoms with van der Waals surface area (Å²) >= 11 is 0. The highest BCUT2D eigenvalue weighted by Crippen LogP contribution is 2.27. The Morgan fingerprint density at radius 1 is 0.320 bits per heavy atom. The van der Waals surface area contributed by atoms with E-state index in [-0.39, 0.29) is 17.7 Å². The number of rotatable bonds is 47. The van der Waals surface area contributed by atoms with Crippen molar-refractivity contribution >= 4 is 80.2 Å². The topological polar surface area (TPSA) is 154 Å². The van der Waals surface area contributed by atoms with Crippen molar-refractivity contribution in [3.63, 3.8) is 0 Å². The zero-order chi connectivity index (χ0) is 72.8. The number of carboxylic acid groups (broad SMARTS) is 1. The Bertz CT molecular complexity index is 3420. The maximum atomic E-state index is 13.5. The van der Waals surface area contributed by atoms with Crippen molar-refractivity contribution in [3.8, 4) is 0 Å². The number of anilines is 4. The molecule has 0 spiro atoms. The number of carbonyl (C=O) groups excluding carboxylic acids is 1. The van der Waals surface area contributed by atoms with E-state index >= 15 is 0 Å². The van der Waals surface area contributed by atoms with Gasteiger partial charge in [-0.25, -0.2) is 20.0 Å². The Labute approximate surface area is 622 Å². The molecule has 5 N–H and O–H groups in total. The van der Waals surface area contributed by atoms with Crippen LogP contribution in [0, 0.1) is 11.8 Å². The molecule has 0 radical (unpaired) electrons. The third-order valence-electron chi connectivity index (χ3n) is 19.2. The Balaban J connectivity index is 0.000000269. The van der Waals surface area contributed by atoms with Gasteiger partial charge in [0.1, 0.15) is 0 Å². The minimum atomic E-state index is -0.569. The molecule has 0 unspecified atom stereocenters. The maximum Gasteiger partial charge on any atom is 0.306 e. The van der Waals surface area contributed by atoms with Crippen LogP contribution in [0.5, 0.6) is 0 Å². The fourth-order valence-electron chi connectivity index (χ4n) is 12.9. The number of nitrogens with zero attached hydrogens (tertiary/aromatic N) is 4. The Morgan fingerprint density at radius 3 is 0.932 bits per heavy atom. The van der Waals surface area contributed by atoms with Crippen molar-refractivity contribution in [3.05, 3.63) is 217 Å². The Hall–Kier alpha value is -8.50. The molecule has 0 saturated carbocycles. The van der Waals surface area contributed by atoms with Gasteiger partial charge < -0.3 is 21.5 Å². The van der Waals surface area contributed by atoms with E-state index in [1.807, 2.05) is 158 Å². The largest absolute Gasteiger partial charge is 0.481 e. The van der Waals surface area contributed by atoms with Crippen molar-refractivity contribution in [2.45, 2.75) is 265 Å². The van der Waals surface area contributed by atoms with Gasteiger partial charge in [0.25, 0.3) is 0 Å². The van der Waals surface area contributed by atoms with Crippen molar-refractivity contribution < 1.29 is 14.7 Å². The summed E-state index contributed by atoms with van der Waals surface area (Å²) in [5.74, 6) is -0.396. The molecule has 10 heteroatoms. The summed E-state index contributed by atoms with van der Waals surface area (Å²) in [4.78, 5) is 43.7. The summed E-state index contributed by atoms with van der Waals surface area (Å²) < 4.78 is 0. The number of amides is 1. The van der Waals surface area contributed by atoms with Gasteiger partial charge in [0.05, 0.1) is 51.5 Å². The molecule has 6 aromatic carbocycles. The molecule has 0 atom stereocenters. The second-order valence-corrected chi connectivity index (χ2v) is 28.3. The molecule has 103 heavy (non-hydrogen) atoms. The molecule has 0 bridgehead atoms. The first-order valence-corrected chi connectivity index (χ1v) is 40.2.